The smallest absolute Gasteiger partial charge is 0.399 e. The number of nitrogens with zero attached hydrogens (tertiary/aromatic N) is 2. The standard InChI is InChI=1S/C33H31BN2O2S/c1-6-29-35-31-23(21-12-8-7-9-13-21)14-10-16-26(31)36(29)22-18-19-27-24(20-22)30-25(15-11-17-28(30)39-27)34-37-32(2,3)33(4,5)38-34/h7-20H,6H2,1-5H3. The third-order valence-electron chi connectivity index (χ3n) is 8.43. The zero-order valence-electron chi connectivity index (χ0n) is 23.0. The van der Waals surface area contributed by atoms with E-state index in [2.05, 4.69) is 124 Å². The molecule has 0 atom stereocenters. The van der Waals surface area contributed by atoms with Crippen molar-refractivity contribution < 1.29 is 9.31 Å². The van der Waals surface area contributed by atoms with Gasteiger partial charge in [-0.15, -0.1) is 11.3 Å². The third kappa shape index (κ3) is 3.77. The molecule has 2 aromatic heterocycles. The van der Waals surface area contributed by atoms with Crippen LogP contribution in [0.25, 0.3) is 48.0 Å². The van der Waals surface area contributed by atoms with Gasteiger partial charge in [-0.05, 0) is 69.1 Å². The minimum atomic E-state index is -0.408. The number of benzene rings is 4. The van der Waals surface area contributed by atoms with Gasteiger partial charge in [0.05, 0.1) is 22.2 Å². The van der Waals surface area contributed by atoms with E-state index in [-0.39, 0.29) is 11.2 Å². The van der Waals surface area contributed by atoms with Crippen LogP contribution >= 0.6 is 11.3 Å². The van der Waals surface area contributed by atoms with E-state index in [1.54, 1.807) is 0 Å². The molecule has 6 heteroatoms. The lowest BCUT2D eigenvalue weighted by molar-refractivity contribution is 0.00578. The molecule has 4 nitrogen and oxygen atoms in total. The maximum Gasteiger partial charge on any atom is 0.495 e. The predicted molar refractivity (Wildman–Crippen MR) is 164 cm³/mol. The van der Waals surface area contributed by atoms with Gasteiger partial charge in [0.15, 0.2) is 0 Å². The number of aromatic nitrogens is 2. The fraction of sp³-hybridized carbons (Fsp3) is 0.242. The fourth-order valence-corrected chi connectivity index (χ4v) is 6.79. The third-order valence-corrected chi connectivity index (χ3v) is 9.57. The summed E-state index contributed by atoms with van der Waals surface area (Å²) in [5.41, 5.74) is 5.93. The van der Waals surface area contributed by atoms with Crippen molar-refractivity contribution in [3.8, 4) is 16.8 Å². The quantitative estimate of drug-likeness (QED) is 0.217. The number of imidazole rings is 1. The van der Waals surface area contributed by atoms with Crippen LogP contribution in [0, 0.1) is 0 Å². The maximum atomic E-state index is 6.50. The van der Waals surface area contributed by atoms with Crippen LogP contribution in [0.2, 0.25) is 0 Å². The number of para-hydroxylation sites is 1. The van der Waals surface area contributed by atoms with Crippen molar-refractivity contribution in [2.45, 2.75) is 52.2 Å². The van der Waals surface area contributed by atoms with Crippen molar-refractivity contribution >= 4 is 55.1 Å². The number of rotatable bonds is 4. The van der Waals surface area contributed by atoms with E-state index < -0.39 is 7.12 Å². The Kier molecular flexibility index (Phi) is 5.54. The second-order valence-electron chi connectivity index (χ2n) is 11.3. The molecule has 0 unspecified atom stereocenters. The van der Waals surface area contributed by atoms with Crippen LogP contribution in [0.4, 0.5) is 0 Å². The average molecular weight is 531 g/mol. The highest BCUT2D eigenvalue weighted by molar-refractivity contribution is 7.26. The first kappa shape index (κ1) is 24.6. The molecule has 1 aliphatic heterocycles. The average Bonchev–Trinajstić information content (AvgIpc) is 3.56. The number of aryl methyl sites for hydroxylation is 1. The first-order chi connectivity index (χ1) is 18.8. The van der Waals surface area contributed by atoms with Crippen LogP contribution in [0.15, 0.2) is 84.9 Å². The predicted octanol–water partition coefficient (Wildman–Crippen LogP) is 7.92. The minimum absolute atomic E-state index is 0.390. The molecular formula is C33H31BN2O2S. The van der Waals surface area contributed by atoms with Gasteiger partial charge >= 0.3 is 7.12 Å². The number of hydrogen-bond donors (Lipinski definition) is 0. The second-order valence-corrected chi connectivity index (χ2v) is 12.4. The zero-order chi connectivity index (χ0) is 26.9. The molecule has 4 aromatic carbocycles. The van der Waals surface area contributed by atoms with E-state index in [9.17, 15) is 0 Å². The first-order valence-corrected chi connectivity index (χ1v) is 14.5. The van der Waals surface area contributed by atoms with Gasteiger partial charge in [0.2, 0.25) is 0 Å². The lowest BCUT2D eigenvalue weighted by Crippen LogP contribution is -2.41. The van der Waals surface area contributed by atoms with Gasteiger partial charge in [0.25, 0.3) is 0 Å². The molecule has 1 saturated heterocycles. The van der Waals surface area contributed by atoms with Crippen molar-refractivity contribution in [1.82, 2.24) is 9.55 Å². The van der Waals surface area contributed by atoms with Gasteiger partial charge in [-0.3, -0.25) is 4.57 Å². The molecule has 0 N–H and O–H groups in total. The summed E-state index contributed by atoms with van der Waals surface area (Å²) < 4.78 is 17.8. The second kappa shape index (κ2) is 8.78. The van der Waals surface area contributed by atoms with Crippen LogP contribution in [-0.2, 0) is 15.7 Å². The molecule has 7 rings (SSSR count). The highest BCUT2D eigenvalue weighted by Gasteiger charge is 2.52. The Morgan fingerprint density at radius 1 is 0.821 bits per heavy atom. The van der Waals surface area contributed by atoms with E-state index in [4.69, 9.17) is 14.3 Å². The number of hydrogen-bond acceptors (Lipinski definition) is 4. The van der Waals surface area contributed by atoms with Crippen molar-refractivity contribution in [1.29, 1.82) is 0 Å². The summed E-state index contributed by atoms with van der Waals surface area (Å²) in [4.78, 5) is 5.15. The molecule has 0 amide bonds. The van der Waals surface area contributed by atoms with Crippen LogP contribution < -0.4 is 5.46 Å². The van der Waals surface area contributed by atoms with Crippen molar-refractivity contribution in [2.24, 2.45) is 0 Å². The Balaban J connectivity index is 1.43. The van der Waals surface area contributed by atoms with E-state index in [0.29, 0.717) is 0 Å². The lowest BCUT2D eigenvalue weighted by Gasteiger charge is -2.32. The highest BCUT2D eigenvalue weighted by Crippen LogP contribution is 2.40. The Hall–Kier alpha value is -3.45. The number of fused-ring (bicyclic) bond motifs is 4. The van der Waals surface area contributed by atoms with Gasteiger partial charge in [0.1, 0.15) is 5.82 Å². The van der Waals surface area contributed by atoms with Crippen molar-refractivity contribution in [2.75, 3.05) is 0 Å². The summed E-state index contributed by atoms with van der Waals surface area (Å²) >= 11 is 1.82. The topological polar surface area (TPSA) is 36.3 Å². The van der Waals surface area contributed by atoms with Gasteiger partial charge < -0.3 is 9.31 Å². The Bertz CT molecular complexity index is 1850. The van der Waals surface area contributed by atoms with E-state index >= 15 is 0 Å². The van der Waals surface area contributed by atoms with Crippen LogP contribution in [0.1, 0.15) is 40.4 Å². The van der Waals surface area contributed by atoms with E-state index in [1.165, 1.54) is 25.7 Å². The summed E-state index contributed by atoms with van der Waals surface area (Å²) in [7, 11) is -0.408. The monoisotopic (exact) mass is 530 g/mol. The summed E-state index contributed by atoms with van der Waals surface area (Å²) in [5, 5.41) is 2.44. The van der Waals surface area contributed by atoms with E-state index in [0.717, 1.165) is 40.0 Å². The van der Waals surface area contributed by atoms with Gasteiger partial charge in [-0.2, -0.15) is 0 Å². The fourth-order valence-electron chi connectivity index (χ4n) is 5.67. The SMILES string of the molecule is CCc1nc2c(-c3ccccc3)cccc2n1-c1ccc2sc3cccc(B4OC(C)(C)C(C)(C)O4)c3c2c1. The van der Waals surface area contributed by atoms with Crippen LogP contribution in [-0.4, -0.2) is 27.9 Å². The van der Waals surface area contributed by atoms with Gasteiger partial charge in [0, 0.05) is 37.8 Å². The normalized spacial score (nSPS) is 16.6. The summed E-state index contributed by atoms with van der Waals surface area (Å²) in [6, 6.07) is 30.3. The first-order valence-electron chi connectivity index (χ1n) is 13.6. The molecule has 1 aliphatic rings. The molecule has 0 spiro atoms. The van der Waals surface area contributed by atoms with Crippen molar-refractivity contribution in [3.63, 3.8) is 0 Å². The summed E-state index contributed by atoms with van der Waals surface area (Å²) in [6.07, 6.45) is 0.838. The Morgan fingerprint density at radius 3 is 2.31 bits per heavy atom. The minimum Gasteiger partial charge on any atom is -0.399 e. The molecule has 0 radical (unpaired) electrons. The molecule has 0 aliphatic carbocycles. The highest BCUT2D eigenvalue weighted by atomic mass is 32.1. The largest absolute Gasteiger partial charge is 0.495 e. The zero-order valence-corrected chi connectivity index (χ0v) is 23.8. The molecule has 6 aromatic rings. The molecule has 3 heterocycles. The molecule has 0 bridgehead atoms. The van der Waals surface area contributed by atoms with Crippen molar-refractivity contribution in [3.05, 3.63) is 90.8 Å². The van der Waals surface area contributed by atoms with Crippen LogP contribution in [0.3, 0.4) is 0 Å². The summed E-state index contributed by atoms with van der Waals surface area (Å²) in [5.74, 6) is 1.05. The number of thiophene rings is 1. The lowest BCUT2D eigenvalue weighted by atomic mass is 9.76. The molecule has 39 heavy (non-hydrogen) atoms. The molecule has 0 saturated carbocycles. The Labute approximate surface area is 233 Å². The maximum absolute atomic E-state index is 6.50. The van der Waals surface area contributed by atoms with Gasteiger partial charge in [-0.25, -0.2) is 4.98 Å². The molecular weight excluding hydrogens is 499 g/mol. The molecule has 194 valence electrons. The summed E-state index contributed by atoms with van der Waals surface area (Å²) in [6.45, 7) is 10.6. The van der Waals surface area contributed by atoms with E-state index in [1.807, 2.05) is 11.3 Å². The Morgan fingerprint density at radius 2 is 1.56 bits per heavy atom. The molecule has 1 fully saturated rings. The van der Waals surface area contributed by atoms with Gasteiger partial charge in [-0.1, -0.05) is 61.5 Å². The van der Waals surface area contributed by atoms with Crippen LogP contribution in [0.5, 0.6) is 0 Å².